The third kappa shape index (κ3) is 3.94. The minimum atomic E-state index is -2.90. The molecule has 98 valence electrons. The average Bonchev–Trinajstić information content (AvgIpc) is 2.57. The predicted octanol–water partition coefficient (Wildman–Crippen LogP) is 2.05. The van der Waals surface area contributed by atoms with Crippen LogP contribution in [0, 0.1) is 9.49 Å². The Kier molecular flexibility index (Phi) is 4.26. The van der Waals surface area contributed by atoms with E-state index in [-0.39, 0.29) is 29.8 Å². The molecule has 2 rings (SSSR count). The first kappa shape index (κ1) is 13.8. The van der Waals surface area contributed by atoms with Crippen molar-refractivity contribution in [2.45, 2.75) is 12.8 Å². The van der Waals surface area contributed by atoms with E-state index in [9.17, 15) is 13.2 Å². The number of benzene rings is 1. The van der Waals surface area contributed by atoms with Gasteiger partial charge in [-0.2, -0.15) is 0 Å². The van der Waals surface area contributed by atoms with E-state index in [1.165, 1.54) is 0 Å². The van der Waals surface area contributed by atoms with Crippen molar-refractivity contribution in [2.24, 2.45) is 5.92 Å². The number of carbonyl (C=O) groups excluding carboxylic acids is 1. The fourth-order valence-corrected chi connectivity index (χ4v) is 4.48. The molecule has 0 spiro atoms. The maximum absolute atomic E-state index is 11.8. The number of rotatable bonds is 3. The minimum Gasteiger partial charge on any atom is -0.326 e. The molecule has 1 amide bonds. The fraction of sp³-hybridized carbons (Fsp3) is 0.417. The number of amides is 1. The molecule has 1 N–H and O–H groups in total. The van der Waals surface area contributed by atoms with Crippen LogP contribution in [0.25, 0.3) is 0 Å². The Morgan fingerprint density at radius 3 is 2.83 bits per heavy atom. The molecule has 18 heavy (non-hydrogen) atoms. The van der Waals surface area contributed by atoms with Gasteiger partial charge in [0.15, 0.2) is 9.84 Å². The minimum absolute atomic E-state index is 0.0298. The highest BCUT2D eigenvalue weighted by Crippen LogP contribution is 2.22. The van der Waals surface area contributed by atoms with E-state index >= 15 is 0 Å². The topological polar surface area (TPSA) is 63.2 Å². The summed E-state index contributed by atoms with van der Waals surface area (Å²) < 4.78 is 23.6. The maximum atomic E-state index is 11.8. The summed E-state index contributed by atoms with van der Waals surface area (Å²) >= 11 is 2.18. The van der Waals surface area contributed by atoms with E-state index in [0.29, 0.717) is 6.42 Å². The summed E-state index contributed by atoms with van der Waals surface area (Å²) in [5, 5.41) is 2.80. The molecular formula is C12H14INO3S. The van der Waals surface area contributed by atoms with Crippen LogP contribution >= 0.6 is 22.6 Å². The Morgan fingerprint density at radius 2 is 2.22 bits per heavy atom. The normalized spacial score (nSPS) is 21.7. The molecule has 6 heteroatoms. The molecule has 4 nitrogen and oxygen atoms in total. The van der Waals surface area contributed by atoms with Crippen LogP contribution in [0.1, 0.15) is 12.8 Å². The number of anilines is 1. The molecule has 0 bridgehead atoms. The van der Waals surface area contributed by atoms with Crippen molar-refractivity contribution in [3.8, 4) is 0 Å². The van der Waals surface area contributed by atoms with E-state index in [1.54, 1.807) is 0 Å². The first-order valence-corrected chi connectivity index (χ1v) is 8.60. The summed E-state index contributed by atoms with van der Waals surface area (Å²) in [7, 11) is -2.90. The molecule has 0 aliphatic carbocycles. The smallest absolute Gasteiger partial charge is 0.224 e. The molecule has 1 atom stereocenters. The molecule has 1 fully saturated rings. The van der Waals surface area contributed by atoms with Gasteiger partial charge in [0.05, 0.1) is 11.5 Å². The second-order valence-corrected chi connectivity index (χ2v) is 8.01. The average molecular weight is 379 g/mol. The van der Waals surface area contributed by atoms with E-state index < -0.39 is 9.84 Å². The van der Waals surface area contributed by atoms with E-state index in [0.717, 1.165) is 9.26 Å². The maximum Gasteiger partial charge on any atom is 0.224 e. The van der Waals surface area contributed by atoms with Crippen LogP contribution in [0.5, 0.6) is 0 Å². The van der Waals surface area contributed by atoms with Gasteiger partial charge in [-0.25, -0.2) is 8.42 Å². The van der Waals surface area contributed by atoms with Crippen molar-refractivity contribution < 1.29 is 13.2 Å². The highest BCUT2D eigenvalue weighted by Gasteiger charge is 2.29. The Balaban J connectivity index is 1.90. The largest absolute Gasteiger partial charge is 0.326 e. The highest BCUT2D eigenvalue weighted by atomic mass is 127. The molecule has 1 aromatic rings. The van der Waals surface area contributed by atoms with Gasteiger partial charge in [0, 0.05) is 15.7 Å². The fourth-order valence-electron chi connectivity index (χ4n) is 2.07. The van der Waals surface area contributed by atoms with Crippen LogP contribution in [0.3, 0.4) is 0 Å². The number of hydrogen-bond donors (Lipinski definition) is 1. The predicted molar refractivity (Wildman–Crippen MR) is 79.2 cm³/mol. The van der Waals surface area contributed by atoms with Gasteiger partial charge in [0.2, 0.25) is 5.91 Å². The number of hydrogen-bond acceptors (Lipinski definition) is 3. The van der Waals surface area contributed by atoms with Gasteiger partial charge in [0.1, 0.15) is 0 Å². The SMILES string of the molecule is O=C(CC1CCS(=O)(=O)C1)Nc1cccc(I)c1. The molecule has 1 heterocycles. The quantitative estimate of drug-likeness (QED) is 0.818. The summed E-state index contributed by atoms with van der Waals surface area (Å²) in [6.07, 6.45) is 0.882. The van der Waals surface area contributed by atoms with Crippen molar-refractivity contribution in [3.05, 3.63) is 27.8 Å². The summed E-state index contributed by atoms with van der Waals surface area (Å²) in [6, 6.07) is 7.52. The summed E-state index contributed by atoms with van der Waals surface area (Å²) in [6.45, 7) is 0. The summed E-state index contributed by atoms with van der Waals surface area (Å²) in [5.74, 6) is 0.220. The summed E-state index contributed by atoms with van der Waals surface area (Å²) in [5.41, 5.74) is 0.757. The highest BCUT2D eigenvalue weighted by molar-refractivity contribution is 14.1. The zero-order chi connectivity index (χ0) is 13.2. The number of nitrogens with one attached hydrogen (secondary N) is 1. The number of carbonyl (C=O) groups is 1. The van der Waals surface area contributed by atoms with E-state index in [2.05, 4.69) is 27.9 Å². The third-order valence-electron chi connectivity index (χ3n) is 2.91. The molecule has 0 saturated carbocycles. The van der Waals surface area contributed by atoms with Crippen molar-refractivity contribution >= 4 is 44.0 Å². The van der Waals surface area contributed by atoms with Gasteiger partial charge in [-0.3, -0.25) is 4.79 Å². The zero-order valence-corrected chi connectivity index (χ0v) is 12.7. The Morgan fingerprint density at radius 1 is 1.44 bits per heavy atom. The van der Waals surface area contributed by atoms with Crippen LogP contribution in [0.15, 0.2) is 24.3 Å². The summed E-state index contributed by atoms with van der Waals surface area (Å²) in [4.78, 5) is 11.8. The van der Waals surface area contributed by atoms with Crippen LogP contribution in [-0.4, -0.2) is 25.8 Å². The van der Waals surface area contributed by atoms with E-state index in [4.69, 9.17) is 0 Å². The first-order chi connectivity index (χ1) is 8.44. The standard InChI is InChI=1S/C12H14INO3S/c13-10-2-1-3-11(7-10)14-12(15)6-9-4-5-18(16,17)8-9/h1-3,7,9H,4-6,8H2,(H,14,15). The van der Waals surface area contributed by atoms with Crippen molar-refractivity contribution in [3.63, 3.8) is 0 Å². The van der Waals surface area contributed by atoms with Gasteiger partial charge in [-0.1, -0.05) is 6.07 Å². The van der Waals surface area contributed by atoms with Crippen molar-refractivity contribution in [1.29, 1.82) is 0 Å². The lowest BCUT2D eigenvalue weighted by Gasteiger charge is -2.08. The molecule has 0 radical (unpaired) electrons. The second-order valence-electron chi connectivity index (χ2n) is 4.53. The Bertz CT molecular complexity index is 556. The van der Waals surface area contributed by atoms with Gasteiger partial charge < -0.3 is 5.32 Å². The zero-order valence-electron chi connectivity index (χ0n) is 9.73. The lowest BCUT2D eigenvalue weighted by Crippen LogP contribution is -2.17. The molecule has 1 unspecified atom stereocenters. The first-order valence-electron chi connectivity index (χ1n) is 5.70. The Hall–Kier alpha value is -0.630. The molecule has 1 aromatic carbocycles. The molecule has 0 aromatic heterocycles. The monoisotopic (exact) mass is 379 g/mol. The van der Waals surface area contributed by atoms with Gasteiger partial charge >= 0.3 is 0 Å². The molecular weight excluding hydrogens is 365 g/mol. The second kappa shape index (κ2) is 5.56. The van der Waals surface area contributed by atoms with Crippen molar-refractivity contribution in [2.75, 3.05) is 16.8 Å². The van der Waals surface area contributed by atoms with E-state index in [1.807, 2.05) is 24.3 Å². The van der Waals surface area contributed by atoms with Crippen LogP contribution < -0.4 is 5.32 Å². The molecule has 1 saturated heterocycles. The Labute approximate surface area is 120 Å². The van der Waals surface area contributed by atoms with Gasteiger partial charge in [-0.15, -0.1) is 0 Å². The number of halogens is 1. The molecule has 1 aliphatic heterocycles. The van der Waals surface area contributed by atoms with Gasteiger partial charge in [-0.05, 0) is 53.1 Å². The lowest BCUT2D eigenvalue weighted by molar-refractivity contribution is -0.116. The van der Waals surface area contributed by atoms with Gasteiger partial charge in [0.25, 0.3) is 0 Å². The lowest BCUT2D eigenvalue weighted by atomic mass is 10.1. The van der Waals surface area contributed by atoms with Crippen LogP contribution in [0.4, 0.5) is 5.69 Å². The van der Waals surface area contributed by atoms with Crippen LogP contribution in [0.2, 0.25) is 0 Å². The number of sulfone groups is 1. The van der Waals surface area contributed by atoms with Crippen LogP contribution in [-0.2, 0) is 14.6 Å². The third-order valence-corrected chi connectivity index (χ3v) is 5.42. The van der Waals surface area contributed by atoms with Crippen molar-refractivity contribution in [1.82, 2.24) is 0 Å². The molecule has 1 aliphatic rings.